The van der Waals surface area contributed by atoms with Gasteiger partial charge < -0.3 is 14.4 Å². The molecule has 0 saturated carbocycles. The molecule has 8 nitrogen and oxygen atoms in total. The molecule has 166 valence electrons. The quantitative estimate of drug-likeness (QED) is 0.684. The third kappa shape index (κ3) is 5.16. The molecule has 1 aliphatic heterocycles. The van der Waals surface area contributed by atoms with Gasteiger partial charge in [0.05, 0.1) is 30.2 Å². The first-order valence-corrected chi connectivity index (χ1v) is 11.4. The Bertz CT molecular complexity index is 1080. The molecule has 0 radical (unpaired) electrons. The number of benzene rings is 2. The molecule has 1 fully saturated rings. The minimum atomic E-state index is -4.01. The van der Waals surface area contributed by atoms with Gasteiger partial charge in [-0.1, -0.05) is 13.0 Å². The number of piperidine rings is 1. The molecule has 0 aromatic heterocycles. The summed E-state index contributed by atoms with van der Waals surface area (Å²) in [4.78, 5) is 26.4. The van der Waals surface area contributed by atoms with Crippen LogP contribution in [-0.2, 0) is 14.8 Å². The maximum atomic E-state index is 13.1. The monoisotopic (exact) mass is 446 g/mol. The van der Waals surface area contributed by atoms with Crippen LogP contribution in [0.5, 0.6) is 5.75 Å². The van der Waals surface area contributed by atoms with Crippen molar-refractivity contribution in [2.45, 2.75) is 24.7 Å². The second-order valence-corrected chi connectivity index (χ2v) is 9.20. The summed E-state index contributed by atoms with van der Waals surface area (Å²) in [6.07, 6.45) is 1.81. The molecular formula is C22H26N2O6S. The molecule has 1 N–H and O–H groups in total. The highest BCUT2D eigenvalue weighted by Crippen LogP contribution is 2.27. The number of sulfonamides is 1. The van der Waals surface area contributed by atoms with Gasteiger partial charge in [-0.3, -0.25) is 9.52 Å². The average molecular weight is 447 g/mol. The van der Waals surface area contributed by atoms with Crippen molar-refractivity contribution in [3.05, 3.63) is 53.6 Å². The molecule has 2 aromatic carbocycles. The second-order valence-electron chi connectivity index (χ2n) is 7.51. The van der Waals surface area contributed by atoms with Gasteiger partial charge in [0.1, 0.15) is 5.75 Å². The Balaban J connectivity index is 1.89. The first-order chi connectivity index (χ1) is 14.7. The minimum Gasteiger partial charge on any atom is -0.496 e. The Hall–Kier alpha value is -3.07. The van der Waals surface area contributed by atoms with E-state index in [0.29, 0.717) is 24.8 Å². The van der Waals surface area contributed by atoms with Crippen LogP contribution in [0.2, 0.25) is 0 Å². The van der Waals surface area contributed by atoms with Crippen LogP contribution in [0.1, 0.15) is 40.5 Å². The summed E-state index contributed by atoms with van der Waals surface area (Å²) in [6, 6.07) is 10.1. The molecule has 0 spiro atoms. The summed E-state index contributed by atoms with van der Waals surface area (Å²) in [7, 11) is -1.32. The third-order valence-corrected chi connectivity index (χ3v) is 6.70. The minimum absolute atomic E-state index is 0.0782. The molecule has 0 unspecified atom stereocenters. The van der Waals surface area contributed by atoms with E-state index in [1.165, 1.54) is 50.6 Å². The topological polar surface area (TPSA) is 102 Å². The maximum Gasteiger partial charge on any atom is 0.337 e. The molecule has 9 heteroatoms. The second kappa shape index (κ2) is 9.38. The highest BCUT2D eigenvalue weighted by atomic mass is 32.2. The van der Waals surface area contributed by atoms with Crippen molar-refractivity contribution in [3.63, 3.8) is 0 Å². The molecule has 31 heavy (non-hydrogen) atoms. The molecule has 1 heterocycles. The molecule has 3 rings (SSSR count). The fourth-order valence-electron chi connectivity index (χ4n) is 3.44. The van der Waals surface area contributed by atoms with Crippen LogP contribution in [0.3, 0.4) is 0 Å². The van der Waals surface area contributed by atoms with Crippen LogP contribution in [0, 0.1) is 5.92 Å². The zero-order valence-corrected chi connectivity index (χ0v) is 18.6. The molecular weight excluding hydrogens is 420 g/mol. The van der Waals surface area contributed by atoms with E-state index in [1.807, 2.05) is 0 Å². The largest absolute Gasteiger partial charge is 0.496 e. The number of carbonyl (C=O) groups excluding carboxylic acids is 2. The van der Waals surface area contributed by atoms with E-state index in [4.69, 9.17) is 4.74 Å². The number of nitrogens with one attached hydrogen (secondary N) is 1. The molecule has 2 aromatic rings. The number of hydrogen-bond donors (Lipinski definition) is 1. The molecule has 1 saturated heterocycles. The number of esters is 1. The summed E-state index contributed by atoms with van der Waals surface area (Å²) >= 11 is 0. The molecule has 0 atom stereocenters. The maximum absolute atomic E-state index is 13.1. The smallest absolute Gasteiger partial charge is 0.337 e. The van der Waals surface area contributed by atoms with E-state index < -0.39 is 16.0 Å². The number of nitrogens with zero attached hydrogens (tertiary/aromatic N) is 1. The van der Waals surface area contributed by atoms with Gasteiger partial charge in [0.2, 0.25) is 0 Å². The van der Waals surface area contributed by atoms with E-state index in [2.05, 4.69) is 16.4 Å². The van der Waals surface area contributed by atoms with Crippen LogP contribution in [0.4, 0.5) is 5.69 Å². The molecule has 1 amide bonds. The lowest BCUT2D eigenvalue weighted by Gasteiger charge is -2.30. The van der Waals surface area contributed by atoms with E-state index >= 15 is 0 Å². The highest BCUT2D eigenvalue weighted by molar-refractivity contribution is 7.92. The predicted molar refractivity (Wildman–Crippen MR) is 116 cm³/mol. The first-order valence-electron chi connectivity index (χ1n) is 9.93. The summed E-state index contributed by atoms with van der Waals surface area (Å²) in [5, 5.41) is 0. The lowest BCUT2D eigenvalue weighted by atomic mass is 9.98. The number of ether oxygens (including phenoxy) is 2. The SMILES string of the molecule is COC(=O)c1cccc(NS(=O)(=O)c2ccc(OC)c(C(=O)N3CCC(C)CC3)c2)c1. The van der Waals surface area contributed by atoms with Crippen LogP contribution in [0.15, 0.2) is 47.4 Å². The van der Waals surface area contributed by atoms with E-state index in [0.717, 1.165) is 12.8 Å². The summed E-state index contributed by atoms with van der Waals surface area (Å²) < 4.78 is 38.3. The number of rotatable bonds is 6. The van der Waals surface area contributed by atoms with Gasteiger partial charge in [-0.2, -0.15) is 0 Å². The zero-order chi connectivity index (χ0) is 22.6. The predicted octanol–water partition coefficient (Wildman–Crippen LogP) is 3.15. The lowest BCUT2D eigenvalue weighted by Crippen LogP contribution is -2.38. The Labute approximate surface area is 182 Å². The lowest BCUT2D eigenvalue weighted by molar-refractivity contribution is 0.0600. The fraction of sp³-hybridized carbons (Fsp3) is 0.364. The van der Waals surface area contributed by atoms with Crippen molar-refractivity contribution in [3.8, 4) is 5.75 Å². The van der Waals surface area contributed by atoms with Crippen molar-refractivity contribution >= 4 is 27.6 Å². The van der Waals surface area contributed by atoms with Crippen molar-refractivity contribution < 1.29 is 27.5 Å². The van der Waals surface area contributed by atoms with E-state index in [-0.39, 0.29) is 27.6 Å². The highest BCUT2D eigenvalue weighted by Gasteiger charge is 2.26. The van der Waals surface area contributed by atoms with Crippen molar-refractivity contribution in [1.29, 1.82) is 0 Å². The number of hydrogen-bond acceptors (Lipinski definition) is 6. The molecule has 0 bridgehead atoms. The van der Waals surface area contributed by atoms with E-state index in [1.54, 1.807) is 11.0 Å². The van der Waals surface area contributed by atoms with Gasteiger partial charge in [-0.25, -0.2) is 13.2 Å². The number of carbonyl (C=O) groups is 2. The van der Waals surface area contributed by atoms with Gasteiger partial charge in [-0.05, 0) is 55.2 Å². The summed E-state index contributed by atoms with van der Waals surface area (Å²) in [5.74, 6) is 0.0422. The van der Waals surface area contributed by atoms with Gasteiger partial charge >= 0.3 is 5.97 Å². The standard InChI is InChI=1S/C22H26N2O6S/c1-15-9-11-24(12-10-15)21(25)19-14-18(7-8-20(19)29-2)31(27,28)23-17-6-4-5-16(13-17)22(26)30-3/h4-8,13-15,23H,9-12H2,1-3H3. The Morgan fingerprint density at radius 3 is 2.42 bits per heavy atom. The summed E-state index contributed by atoms with van der Waals surface area (Å²) in [6.45, 7) is 3.40. The van der Waals surface area contributed by atoms with Crippen molar-refractivity contribution in [2.24, 2.45) is 5.92 Å². The number of methoxy groups -OCH3 is 2. The third-order valence-electron chi connectivity index (χ3n) is 5.32. The Morgan fingerprint density at radius 1 is 1.06 bits per heavy atom. The summed E-state index contributed by atoms with van der Waals surface area (Å²) in [5.41, 5.74) is 0.618. The van der Waals surface area contributed by atoms with E-state index in [9.17, 15) is 18.0 Å². The number of anilines is 1. The average Bonchev–Trinajstić information content (AvgIpc) is 2.78. The van der Waals surface area contributed by atoms with Gasteiger partial charge in [-0.15, -0.1) is 0 Å². The molecule has 1 aliphatic rings. The van der Waals surface area contributed by atoms with Crippen LogP contribution in [0.25, 0.3) is 0 Å². The fourth-order valence-corrected chi connectivity index (χ4v) is 4.52. The van der Waals surface area contributed by atoms with Gasteiger partial charge in [0.15, 0.2) is 0 Å². The zero-order valence-electron chi connectivity index (χ0n) is 17.8. The van der Waals surface area contributed by atoms with Crippen LogP contribution >= 0.6 is 0 Å². The van der Waals surface area contributed by atoms with Crippen LogP contribution in [-0.4, -0.2) is 52.5 Å². The van der Waals surface area contributed by atoms with Crippen molar-refractivity contribution in [1.82, 2.24) is 4.90 Å². The number of amides is 1. The van der Waals surface area contributed by atoms with Crippen LogP contribution < -0.4 is 9.46 Å². The Morgan fingerprint density at radius 2 is 1.77 bits per heavy atom. The first kappa shape index (κ1) is 22.6. The van der Waals surface area contributed by atoms with Gasteiger partial charge in [0, 0.05) is 18.8 Å². The van der Waals surface area contributed by atoms with Gasteiger partial charge in [0.25, 0.3) is 15.9 Å². The van der Waals surface area contributed by atoms with Crippen molar-refractivity contribution in [2.75, 3.05) is 32.0 Å². The Kier molecular flexibility index (Phi) is 6.84. The molecule has 0 aliphatic carbocycles. The normalized spacial score (nSPS) is 14.7. The number of likely N-dealkylation sites (tertiary alicyclic amines) is 1.